The molecule has 22 heavy (non-hydrogen) atoms. The molecule has 1 unspecified atom stereocenters. The third-order valence-electron chi connectivity index (χ3n) is 3.67. The number of hydrogen-bond acceptors (Lipinski definition) is 4. The van der Waals surface area contributed by atoms with E-state index in [1.165, 1.54) is 0 Å². The fourth-order valence-corrected chi connectivity index (χ4v) is 2.52. The maximum Gasteiger partial charge on any atom is 0.355 e. The summed E-state index contributed by atoms with van der Waals surface area (Å²) >= 11 is 0. The molecule has 6 heteroatoms. The Kier molecular flexibility index (Phi) is 4.11. The Bertz CT molecular complexity index is 661. The summed E-state index contributed by atoms with van der Waals surface area (Å²) in [5.41, 5.74) is 1.21. The largest absolute Gasteiger partial charge is 0.451 e. The van der Waals surface area contributed by atoms with Crippen molar-refractivity contribution in [1.29, 1.82) is 0 Å². The van der Waals surface area contributed by atoms with Crippen molar-refractivity contribution in [3.63, 3.8) is 0 Å². The van der Waals surface area contributed by atoms with Crippen molar-refractivity contribution in [2.75, 3.05) is 26.3 Å². The summed E-state index contributed by atoms with van der Waals surface area (Å²) in [6.45, 7) is 3.25. The van der Waals surface area contributed by atoms with Crippen LogP contribution >= 0.6 is 0 Å². The van der Waals surface area contributed by atoms with Gasteiger partial charge in [0.25, 0.3) is 5.91 Å². The minimum absolute atomic E-state index is 0.0158. The fourth-order valence-electron chi connectivity index (χ4n) is 2.52. The average molecular weight is 302 g/mol. The van der Waals surface area contributed by atoms with E-state index in [4.69, 9.17) is 9.47 Å². The summed E-state index contributed by atoms with van der Waals surface area (Å²) in [7, 11) is 0. The van der Waals surface area contributed by atoms with Crippen molar-refractivity contribution in [1.82, 2.24) is 9.88 Å². The Labute approximate surface area is 128 Å². The maximum atomic E-state index is 12.0. The number of aromatic amines is 1. The highest BCUT2D eigenvalue weighted by molar-refractivity contribution is 5.95. The van der Waals surface area contributed by atoms with E-state index in [2.05, 4.69) is 4.98 Å². The van der Waals surface area contributed by atoms with E-state index in [1.807, 2.05) is 31.2 Å². The van der Waals surface area contributed by atoms with Crippen LogP contribution in [0.25, 0.3) is 10.9 Å². The minimum atomic E-state index is -0.522. The lowest BCUT2D eigenvalue weighted by molar-refractivity contribution is -0.141. The van der Waals surface area contributed by atoms with E-state index in [1.54, 1.807) is 11.0 Å². The zero-order chi connectivity index (χ0) is 15.5. The van der Waals surface area contributed by atoms with Gasteiger partial charge in [0.15, 0.2) is 6.61 Å². The molecule has 0 saturated carbocycles. The summed E-state index contributed by atoms with van der Waals surface area (Å²) < 4.78 is 10.5. The van der Waals surface area contributed by atoms with Gasteiger partial charge in [-0.2, -0.15) is 0 Å². The average Bonchev–Trinajstić information content (AvgIpc) is 2.96. The van der Waals surface area contributed by atoms with Crippen molar-refractivity contribution >= 4 is 22.8 Å². The number of hydrogen-bond donors (Lipinski definition) is 1. The summed E-state index contributed by atoms with van der Waals surface area (Å²) in [6, 6.07) is 9.29. The number of H-pyrrole nitrogens is 1. The molecule has 1 amide bonds. The first-order valence-corrected chi connectivity index (χ1v) is 7.28. The molecule has 0 bridgehead atoms. The van der Waals surface area contributed by atoms with Gasteiger partial charge in [0.2, 0.25) is 0 Å². The van der Waals surface area contributed by atoms with Gasteiger partial charge in [-0.1, -0.05) is 18.2 Å². The lowest BCUT2D eigenvalue weighted by Crippen LogP contribution is -2.46. The number of nitrogens with zero attached hydrogens (tertiary/aromatic N) is 1. The normalized spacial score (nSPS) is 18.4. The van der Waals surface area contributed by atoms with Crippen LogP contribution < -0.4 is 0 Å². The molecule has 1 aliphatic heterocycles. The van der Waals surface area contributed by atoms with Gasteiger partial charge >= 0.3 is 5.97 Å². The van der Waals surface area contributed by atoms with Gasteiger partial charge in [-0.25, -0.2) is 4.79 Å². The summed E-state index contributed by atoms with van der Waals surface area (Å²) in [4.78, 5) is 28.7. The van der Waals surface area contributed by atoms with E-state index in [-0.39, 0.29) is 18.6 Å². The van der Waals surface area contributed by atoms with Crippen molar-refractivity contribution in [3.8, 4) is 0 Å². The van der Waals surface area contributed by atoms with Gasteiger partial charge in [0, 0.05) is 24.0 Å². The highest BCUT2D eigenvalue weighted by atomic mass is 16.5. The number of morpholine rings is 1. The molecule has 116 valence electrons. The minimum Gasteiger partial charge on any atom is -0.451 e. The highest BCUT2D eigenvalue weighted by Gasteiger charge is 2.22. The van der Waals surface area contributed by atoms with Gasteiger partial charge in [-0.05, 0) is 19.1 Å². The fraction of sp³-hybridized carbons (Fsp3) is 0.375. The molecule has 1 fully saturated rings. The van der Waals surface area contributed by atoms with Crippen molar-refractivity contribution in [3.05, 3.63) is 36.0 Å². The first-order valence-electron chi connectivity index (χ1n) is 7.28. The van der Waals surface area contributed by atoms with Crippen molar-refractivity contribution in [2.24, 2.45) is 0 Å². The standard InChI is InChI=1S/C16H18N2O4/c1-11-9-18(6-7-21-11)15(19)10-22-16(20)14-8-12-4-2-3-5-13(12)17-14/h2-5,8,11,17H,6-7,9-10H2,1H3. The van der Waals surface area contributed by atoms with Gasteiger partial charge in [-0.15, -0.1) is 0 Å². The SMILES string of the molecule is CC1CN(C(=O)COC(=O)c2cc3ccccc3[nH]2)CCO1. The Morgan fingerprint density at radius 1 is 1.41 bits per heavy atom. The van der Waals surface area contributed by atoms with E-state index in [0.717, 1.165) is 10.9 Å². The lowest BCUT2D eigenvalue weighted by atomic mass is 10.2. The molecule has 1 N–H and O–H groups in total. The molecule has 6 nitrogen and oxygen atoms in total. The molecule has 0 spiro atoms. The van der Waals surface area contributed by atoms with Crippen molar-refractivity contribution < 1.29 is 19.1 Å². The predicted octanol–water partition coefficient (Wildman–Crippen LogP) is 1.57. The molecule has 3 rings (SSSR count). The Morgan fingerprint density at radius 3 is 3.00 bits per heavy atom. The van der Waals surface area contributed by atoms with E-state index in [9.17, 15) is 9.59 Å². The number of benzene rings is 1. The van der Waals surface area contributed by atoms with Crippen LogP contribution in [0.2, 0.25) is 0 Å². The first kappa shape index (κ1) is 14.6. The van der Waals surface area contributed by atoms with Gasteiger partial charge in [0.1, 0.15) is 5.69 Å². The number of fused-ring (bicyclic) bond motifs is 1. The molecule has 1 atom stereocenters. The molecule has 1 aromatic carbocycles. The summed E-state index contributed by atoms with van der Waals surface area (Å²) in [6.07, 6.45) is 0.0158. The molecule has 2 aromatic rings. The Balaban J connectivity index is 1.58. The van der Waals surface area contributed by atoms with Crippen LogP contribution in [0.1, 0.15) is 17.4 Å². The van der Waals surface area contributed by atoms with E-state index < -0.39 is 5.97 Å². The van der Waals surface area contributed by atoms with Crippen LogP contribution in [0.4, 0.5) is 0 Å². The zero-order valence-electron chi connectivity index (χ0n) is 12.4. The highest BCUT2D eigenvalue weighted by Crippen LogP contribution is 2.15. The van der Waals surface area contributed by atoms with Crippen molar-refractivity contribution in [2.45, 2.75) is 13.0 Å². The smallest absolute Gasteiger partial charge is 0.355 e. The van der Waals surface area contributed by atoms with Crippen LogP contribution in [0.5, 0.6) is 0 Å². The zero-order valence-corrected chi connectivity index (χ0v) is 12.4. The third kappa shape index (κ3) is 3.12. The van der Waals surface area contributed by atoms with Crippen LogP contribution in [-0.4, -0.2) is 54.2 Å². The summed E-state index contributed by atoms with van der Waals surface area (Å²) in [5.74, 6) is -0.717. The lowest BCUT2D eigenvalue weighted by Gasteiger charge is -2.30. The van der Waals surface area contributed by atoms with Crippen LogP contribution in [0.3, 0.4) is 0 Å². The molecular formula is C16H18N2O4. The van der Waals surface area contributed by atoms with Crippen LogP contribution in [0.15, 0.2) is 30.3 Å². The second-order valence-corrected chi connectivity index (χ2v) is 5.37. The molecule has 1 saturated heterocycles. The quantitative estimate of drug-likeness (QED) is 0.874. The number of ether oxygens (including phenoxy) is 2. The predicted molar refractivity (Wildman–Crippen MR) is 80.6 cm³/mol. The molecule has 0 aliphatic carbocycles. The van der Waals surface area contributed by atoms with Gasteiger partial charge in [-0.3, -0.25) is 4.79 Å². The number of esters is 1. The van der Waals surface area contributed by atoms with E-state index >= 15 is 0 Å². The number of para-hydroxylation sites is 1. The molecule has 2 heterocycles. The molecule has 0 radical (unpaired) electrons. The Hall–Kier alpha value is -2.34. The monoisotopic (exact) mass is 302 g/mol. The topological polar surface area (TPSA) is 71.6 Å². The van der Waals surface area contributed by atoms with Gasteiger partial charge < -0.3 is 19.4 Å². The maximum absolute atomic E-state index is 12.0. The number of aromatic nitrogens is 1. The number of carbonyl (C=O) groups excluding carboxylic acids is 2. The molecular weight excluding hydrogens is 284 g/mol. The second-order valence-electron chi connectivity index (χ2n) is 5.37. The first-order chi connectivity index (χ1) is 10.6. The second kappa shape index (κ2) is 6.19. The number of carbonyl (C=O) groups is 2. The number of nitrogens with one attached hydrogen (secondary N) is 1. The van der Waals surface area contributed by atoms with Gasteiger partial charge in [0.05, 0.1) is 12.7 Å². The van der Waals surface area contributed by atoms with E-state index in [0.29, 0.717) is 25.4 Å². The third-order valence-corrected chi connectivity index (χ3v) is 3.67. The summed E-state index contributed by atoms with van der Waals surface area (Å²) in [5, 5.41) is 0.933. The van der Waals surface area contributed by atoms with Crippen LogP contribution in [0, 0.1) is 0 Å². The Morgan fingerprint density at radius 2 is 2.23 bits per heavy atom. The number of rotatable bonds is 3. The molecule has 1 aliphatic rings. The molecule has 1 aromatic heterocycles. The van der Waals surface area contributed by atoms with Crippen LogP contribution in [-0.2, 0) is 14.3 Å². The number of amides is 1.